The van der Waals surface area contributed by atoms with Gasteiger partial charge in [-0.05, 0) is 24.8 Å². The van der Waals surface area contributed by atoms with Crippen LogP contribution in [-0.2, 0) is 9.53 Å². The van der Waals surface area contributed by atoms with E-state index in [1.54, 1.807) is 0 Å². The zero-order valence-corrected chi connectivity index (χ0v) is 8.77. The van der Waals surface area contributed by atoms with Gasteiger partial charge in [0.05, 0.1) is 12.5 Å². The highest BCUT2D eigenvalue weighted by Gasteiger charge is 2.57. The third-order valence-corrected chi connectivity index (χ3v) is 3.56. The summed E-state index contributed by atoms with van der Waals surface area (Å²) in [5.41, 5.74) is 2.58. The van der Waals surface area contributed by atoms with E-state index >= 15 is 0 Å². The second-order valence-corrected chi connectivity index (χ2v) is 4.59. The van der Waals surface area contributed by atoms with Gasteiger partial charge in [0.2, 0.25) is 0 Å². The summed E-state index contributed by atoms with van der Waals surface area (Å²) < 4.78 is 5.07. The number of carbonyl (C=O) groups excluding carboxylic acids is 1. The molecule has 3 atom stereocenters. The van der Waals surface area contributed by atoms with Crippen LogP contribution in [0.15, 0.2) is 24.3 Å². The molecule has 0 amide bonds. The minimum atomic E-state index is 0.0118. The predicted molar refractivity (Wildman–Crippen MR) is 56.5 cm³/mol. The molecule has 1 aromatic carbocycles. The van der Waals surface area contributed by atoms with E-state index in [2.05, 4.69) is 31.2 Å². The van der Waals surface area contributed by atoms with Crippen LogP contribution in [0.4, 0.5) is 0 Å². The van der Waals surface area contributed by atoms with Crippen molar-refractivity contribution in [3.63, 3.8) is 0 Å². The van der Waals surface area contributed by atoms with Gasteiger partial charge in [0.15, 0.2) is 0 Å². The van der Waals surface area contributed by atoms with Crippen LogP contribution in [0.5, 0.6) is 0 Å². The molecule has 3 rings (SSSR count). The summed E-state index contributed by atoms with van der Waals surface area (Å²) in [6.07, 6.45) is 1.04. The molecule has 0 N–H and O–H groups in total. The maximum absolute atomic E-state index is 11.5. The van der Waals surface area contributed by atoms with E-state index in [9.17, 15) is 4.79 Å². The first kappa shape index (κ1) is 8.96. The molecule has 15 heavy (non-hydrogen) atoms. The third kappa shape index (κ3) is 1.36. The molecular formula is C13H14O2. The van der Waals surface area contributed by atoms with Gasteiger partial charge < -0.3 is 4.74 Å². The van der Waals surface area contributed by atoms with Crippen molar-refractivity contribution in [2.75, 3.05) is 6.61 Å². The van der Waals surface area contributed by atoms with Gasteiger partial charge in [-0.2, -0.15) is 0 Å². The summed E-state index contributed by atoms with van der Waals surface area (Å²) in [5, 5.41) is 0. The lowest BCUT2D eigenvalue weighted by Crippen LogP contribution is -2.15. The summed E-state index contributed by atoms with van der Waals surface area (Å²) in [6, 6.07) is 8.48. The standard InChI is InChI=1S/C13H14O2/c1-8-3-2-4-9(7-8)11-10-5-6-15-13(14)12(10)11/h2-4,7,10-12H,5-6H2,1H3/t10-,11-,12-/m1/s1. The number of carbonyl (C=O) groups is 1. The molecule has 0 unspecified atom stereocenters. The first-order valence-electron chi connectivity index (χ1n) is 5.50. The lowest BCUT2D eigenvalue weighted by molar-refractivity contribution is -0.148. The summed E-state index contributed by atoms with van der Waals surface area (Å²) in [6.45, 7) is 2.70. The molecular weight excluding hydrogens is 188 g/mol. The van der Waals surface area contributed by atoms with Crippen LogP contribution in [0, 0.1) is 18.8 Å². The number of cyclic esters (lactones) is 1. The number of rotatable bonds is 1. The van der Waals surface area contributed by atoms with Gasteiger partial charge in [-0.3, -0.25) is 4.79 Å². The normalized spacial score (nSPS) is 33.1. The Labute approximate surface area is 89.2 Å². The van der Waals surface area contributed by atoms with Crippen molar-refractivity contribution in [2.24, 2.45) is 11.8 Å². The molecule has 1 aliphatic heterocycles. The third-order valence-electron chi connectivity index (χ3n) is 3.56. The van der Waals surface area contributed by atoms with Crippen LogP contribution in [0.2, 0.25) is 0 Å². The summed E-state index contributed by atoms with van der Waals surface area (Å²) in [5.74, 6) is 1.14. The second-order valence-electron chi connectivity index (χ2n) is 4.59. The average molecular weight is 202 g/mol. The summed E-state index contributed by atoms with van der Waals surface area (Å²) in [4.78, 5) is 11.5. The Balaban J connectivity index is 1.88. The molecule has 1 aromatic rings. The Morgan fingerprint density at radius 1 is 1.33 bits per heavy atom. The minimum absolute atomic E-state index is 0.0118. The van der Waals surface area contributed by atoms with Crippen molar-refractivity contribution in [3.8, 4) is 0 Å². The zero-order chi connectivity index (χ0) is 10.4. The number of hydrogen-bond donors (Lipinski definition) is 0. The number of ether oxygens (including phenoxy) is 1. The Bertz CT molecular complexity index is 411. The Morgan fingerprint density at radius 2 is 2.20 bits per heavy atom. The van der Waals surface area contributed by atoms with Crippen molar-refractivity contribution < 1.29 is 9.53 Å². The van der Waals surface area contributed by atoms with E-state index in [0.29, 0.717) is 18.4 Å². The minimum Gasteiger partial charge on any atom is -0.465 e. The van der Waals surface area contributed by atoms with E-state index < -0.39 is 0 Å². The van der Waals surface area contributed by atoms with Crippen molar-refractivity contribution in [1.82, 2.24) is 0 Å². The van der Waals surface area contributed by atoms with Gasteiger partial charge in [-0.15, -0.1) is 0 Å². The number of esters is 1. The van der Waals surface area contributed by atoms with E-state index in [-0.39, 0.29) is 11.9 Å². The lowest BCUT2D eigenvalue weighted by Gasteiger charge is -2.07. The van der Waals surface area contributed by atoms with Gasteiger partial charge in [0.25, 0.3) is 0 Å². The Kier molecular flexibility index (Phi) is 1.84. The lowest BCUT2D eigenvalue weighted by atomic mass is 10.1. The molecule has 2 nitrogen and oxygen atoms in total. The molecule has 1 saturated heterocycles. The molecule has 0 spiro atoms. The number of hydrogen-bond acceptors (Lipinski definition) is 2. The number of fused-ring (bicyclic) bond motifs is 1. The molecule has 1 aliphatic carbocycles. The summed E-state index contributed by atoms with van der Waals surface area (Å²) in [7, 11) is 0. The monoisotopic (exact) mass is 202 g/mol. The Hall–Kier alpha value is -1.31. The van der Waals surface area contributed by atoms with E-state index in [4.69, 9.17) is 4.74 Å². The fourth-order valence-corrected chi connectivity index (χ4v) is 2.78. The molecule has 2 heteroatoms. The molecule has 2 fully saturated rings. The SMILES string of the molecule is Cc1cccc([C@@H]2[C@H]3CCOC(=O)[C@H]32)c1. The van der Waals surface area contributed by atoms with Crippen molar-refractivity contribution >= 4 is 5.97 Å². The highest BCUT2D eigenvalue weighted by molar-refractivity contribution is 5.79. The Morgan fingerprint density at radius 3 is 2.93 bits per heavy atom. The van der Waals surface area contributed by atoms with E-state index in [1.807, 2.05) is 0 Å². The fourth-order valence-electron chi connectivity index (χ4n) is 2.78. The first-order valence-corrected chi connectivity index (χ1v) is 5.50. The van der Waals surface area contributed by atoms with Crippen LogP contribution < -0.4 is 0 Å². The van der Waals surface area contributed by atoms with E-state index in [0.717, 1.165) is 6.42 Å². The van der Waals surface area contributed by atoms with Crippen LogP contribution in [-0.4, -0.2) is 12.6 Å². The quantitative estimate of drug-likeness (QED) is 0.653. The number of aryl methyl sites for hydroxylation is 1. The highest BCUT2D eigenvalue weighted by Crippen LogP contribution is 2.58. The molecule has 1 heterocycles. The zero-order valence-electron chi connectivity index (χ0n) is 8.77. The highest BCUT2D eigenvalue weighted by atomic mass is 16.5. The maximum Gasteiger partial charge on any atom is 0.309 e. The smallest absolute Gasteiger partial charge is 0.309 e. The topological polar surface area (TPSA) is 26.3 Å². The molecule has 0 bridgehead atoms. The second kappa shape index (κ2) is 3.09. The maximum atomic E-state index is 11.5. The van der Waals surface area contributed by atoms with Gasteiger partial charge in [0.1, 0.15) is 0 Å². The van der Waals surface area contributed by atoms with Crippen molar-refractivity contribution in [3.05, 3.63) is 35.4 Å². The van der Waals surface area contributed by atoms with Gasteiger partial charge in [-0.25, -0.2) is 0 Å². The predicted octanol–water partition coefficient (Wildman–Crippen LogP) is 2.27. The molecule has 2 aliphatic rings. The van der Waals surface area contributed by atoms with Gasteiger partial charge in [0, 0.05) is 5.92 Å². The van der Waals surface area contributed by atoms with Crippen LogP contribution in [0.1, 0.15) is 23.5 Å². The summed E-state index contributed by atoms with van der Waals surface area (Å²) >= 11 is 0. The van der Waals surface area contributed by atoms with Gasteiger partial charge in [-0.1, -0.05) is 29.8 Å². The molecule has 78 valence electrons. The average Bonchev–Trinajstić information content (AvgIpc) is 2.93. The van der Waals surface area contributed by atoms with Crippen LogP contribution in [0.3, 0.4) is 0 Å². The molecule has 0 radical (unpaired) electrons. The molecule has 0 aromatic heterocycles. The van der Waals surface area contributed by atoms with Crippen molar-refractivity contribution in [2.45, 2.75) is 19.3 Å². The van der Waals surface area contributed by atoms with E-state index in [1.165, 1.54) is 11.1 Å². The molecule has 1 saturated carbocycles. The van der Waals surface area contributed by atoms with Crippen molar-refractivity contribution in [1.29, 1.82) is 0 Å². The largest absolute Gasteiger partial charge is 0.465 e. The fraction of sp³-hybridized carbons (Fsp3) is 0.462. The number of benzene rings is 1. The first-order chi connectivity index (χ1) is 7.27. The van der Waals surface area contributed by atoms with Gasteiger partial charge >= 0.3 is 5.97 Å². The van der Waals surface area contributed by atoms with Crippen LogP contribution in [0.25, 0.3) is 0 Å². The van der Waals surface area contributed by atoms with Crippen LogP contribution >= 0.6 is 0 Å².